The first-order valence-electron chi connectivity index (χ1n) is 16.9. The third-order valence-electron chi connectivity index (χ3n) is 10.4. The number of hydrogen-bond acceptors (Lipinski definition) is 9. The molecule has 0 saturated carbocycles. The molecule has 2 aliphatic rings. The highest BCUT2D eigenvalue weighted by molar-refractivity contribution is 7.96. The normalized spacial score (nSPS) is 23.7. The van der Waals surface area contributed by atoms with Gasteiger partial charge in [-0.1, -0.05) is 38.9 Å². The van der Waals surface area contributed by atoms with Crippen molar-refractivity contribution in [2.75, 3.05) is 6.54 Å². The lowest BCUT2D eigenvalue weighted by Gasteiger charge is -2.49. The van der Waals surface area contributed by atoms with Crippen molar-refractivity contribution in [3.05, 3.63) is 52.4 Å². The molecule has 0 unspecified atom stereocenters. The van der Waals surface area contributed by atoms with Crippen LogP contribution in [0.3, 0.4) is 0 Å². The monoisotopic (exact) mass is 695 g/mol. The van der Waals surface area contributed by atoms with E-state index in [1.54, 1.807) is 60.6 Å². The maximum atomic E-state index is 17.4. The molecular weight excluding hydrogens is 646 g/mol. The largest absolute Gasteiger partial charge is 0.460 e. The van der Waals surface area contributed by atoms with Crippen molar-refractivity contribution in [2.45, 2.75) is 134 Å². The van der Waals surface area contributed by atoms with Crippen molar-refractivity contribution < 1.29 is 22.9 Å². The van der Waals surface area contributed by atoms with E-state index in [9.17, 15) is 14.9 Å². The van der Waals surface area contributed by atoms with Crippen LogP contribution in [0.25, 0.3) is 0 Å². The zero-order valence-electron chi connectivity index (χ0n) is 30.1. The minimum atomic E-state index is -3.09. The number of nitrogens with zero attached hydrogens (tertiary/aromatic N) is 5. The van der Waals surface area contributed by atoms with E-state index in [0.29, 0.717) is 47.1 Å². The molecule has 260 valence electrons. The van der Waals surface area contributed by atoms with Gasteiger partial charge in [0.15, 0.2) is 5.78 Å². The molecule has 0 saturated heterocycles. The van der Waals surface area contributed by atoms with E-state index in [0.717, 1.165) is 18.1 Å². The SMILES string of the molecule is CC[Si](CC)(CC)c1cc(CC(=O)c2ncc(C#N)cc2C)nc([C@@]2(C)N=C(CC(=O)OC(C)(C)C)C(C)(C)[S@]3(=O)=NCCC[C@@H]23)c1F. The van der Waals surface area contributed by atoms with Gasteiger partial charge in [0, 0.05) is 24.1 Å². The van der Waals surface area contributed by atoms with Crippen LogP contribution >= 0.6 is 0 Å². The van der Waals surface area contributed by atoms with E-state index in [1.807, 2.05) is 6.07 Å². The molecule has 2 aromatic heterocycles. The minimum absolute atomic E-state index is 0.0477. The van der Waals surface area contributed by atoms with Crippen LogP contribution in [0, 0.1) is 24.1 Å². The highest BCUT2D eigenvalue weighted by Gasteiger charge is 2.57. The summed E-state index contributed by atoms with van der Waals surface area (Å²) in [5.74, 6) is -1.28. The number of aromatic nitrogens is 2. The predicted molar refractivity (Wildman–Crippen MR) is 191 cm³/mol. The van der Waals surface area contributed by atoms with E-state index < -0.39 is 50.7 Å². The summed E-state index contributed by atoms with van der Waals surface area (Å²) in [6.45, 7) is 19.1. The number of fused-ring (bicyclic) bond motifs is 1. The molecular formula is C36H50FN5O4SSi. The van der Waals surface area contributed by atoms with E-state index >= 15 is 8.60 Å². The highest BCUT2D eigenvalue weighted by atomic mass is 32.2. The van der Waals surface area contributed by atoms with Crippen LogP contribution in [0.2, 0.25) is 18.1 Å². The van der Waals surface area contributed by atoms with Gasteiger partial charge in [-0.15, -0.1) is 0 Å². The number of aliphatic imine (C=N–C) groups is 1. The second-order valence-electron chi connectivity index (χ2n) is 14.8. The van der Waals surface area contributed by atoms with Gasteiger partial charge >= 0.3 is 5.97 Å². The Kier molecular flexibility index (Phi) is 10.6. The number of pyridine rings is 2. The maximum Gasteiger partial charge on any atom is 0.312 e. The number of rotatable bonds is 10. The standard InChI is InChI=1S/C36H50FN5O4SSi/c1-11-48(12-2,13-3)27-19-25(18-26(43)32-23(4)17-24(21-38)22-39-32)41-33(31(27)37)36(10)29-15-14-16-40-47(29,45)35(8,9)28(42-36)20-30(44)46-34(5,6)7/h17,19,22,29H,11-16,18,20H2,1-10H3/t29-,36-,47-/m0/s1. The predicted octanol–water partition coefficient (Wildman–Crippen LogP) is 6.75. The van der Waals surface area contributed by atoms with Gasteiger partial charge in [0.2, 0.25) is 0 Å². The number of halogens is 1. The summed E-state index contributed by atoms with van der Waals surface area (Å²) >= 11 is 0. The van der Waals surface area contributed by atoms with Crippen molar-refractivity contribution in [2.24, 2.45) is 9.36 Å². The topological polar surface area (TPSA) is 135 Å². The van der Waals surface area contributed by atoms with Gasteiger partial charge in [-0.3, -0.25) is 24.5 Å². The lowest BCUT2D eigenvalue weighted by molar-refractivity contribution is -0.153. The molecule has 0 amide bonds. The fourth-order valence-electron chi connectivity index (χ4n) is 7.36. The Hall–Kier alpha value is -3.30. The fourth-order valence-corrected chi connectivity index (χ4v) is 14.4. The number of aryl methyl sites for hydroxylation is 1. The van der Waals surface area contributed by atoms with Crippen LogP contribution in [0.5, 0.6) is 0 Å². The van der Waals surface area contributed by atoms with Gasteiger partial charge in [0.1, 0.15) is 34.4 Å². The van der Waals surface area contributed by atoms with Crippen LogP contribution < -0.4 is 5.19 Å². The van der Waals surface area contributed by atoms with Crippen LogP contribution in [0.1, 0.15) is 115 Å². The number of nitriles is 1. The Morgan fingerprint density at radius 2 is 1.77 bits per heavy atom. The zero-order chi connectivity index (χ0) is 35.9. The summed E-state index contributed by atoms with van der Waals surface area (Å²) < 4.78 is 41.9. The summed E-state index contributed by atoms with van der Waals surface area (Å²) in [5.41, 5.74) is -0.230. The van der Waals surface area contributed by atoms with Gasteiger partial charge in [-0.05, 0) is 84.2 Å². The second kappa shape index (κ2) is 13.5. The van der Waals surface area contributed by atoms with E-state index in [4.69, 9.17) is 19.1 Å². The maximum absolute atomic E-state index is 17.4. The molecule has 4 heterocycles. The first kappa shape index (κ1) is 37.5. The molecule has 4 rings (SSSR count). The minimum Gasteiger partial charge on any atom is -0.460 e. The van der Waals surface area contributed by atoms with Gasteiger partial charge in [-0.2, -0.15) is 5.26 Å². The molecule has 12 heteroatoms. The van der Waals surface area contributed by atoms with Crippen molar-refractivity contribution in [1.82, 2.24) is 9.97 Å². The first-order chi connectivity index (χ1) is 22.3. The Morgan fingerprint density at radius 3 is 2.33 bits per heavy atom. The Balaban J connectivity index is 2.00. The number of Topliss-reactive ketones (excluding diaryl/α,β-unsaturated/α-hetero) is 1. The zero-order valence-corrected chi connectivity index (χ0v) is 31.9. The molecule has 0 N–H and O–H groups in total. The lowest BCUT2D eigenvalue weighted by atomic mass is 9.87. The van der Waals surface area contributed by atoms with Crippen LogP contribution in [0.4, 0.5) is 4.39 Å². The fraction of sp³-hybridized carbons (Fsp3) is 0.611. The van der Waals surface area contributed by atoms with Crippen LogP contribution in [-0.2, 0) is 31.2 Å². The molecule has 0 fully saturated rings. The summed E-state index contributed by atoms with van der Waals surface area (Å²) in [7, 11) is -5.50. The number of ether oxygens (including phenoxy) is 1. The Morgan fingerprint density at radius 1 is 1.12 bits per heavy atom. The molecule has 2 aromatic rings. The van der Waals surface area contributed by atoms with Gasteiger partial charge in [-0.25, -0.2) is 13.0 Å². The smallest absolute Gasteiger partial charge is 0.312 e. The second-order valence-corrected chi connectivity index (χ2v) is 23.0. The number of esters is 1. The summed E-state index contributed by atoms with van der Waals surface area (Å²) in [6, 6.07) is 7.78. The quantitative estimate of drug-likeness (QED) is 0.153. The van der Waals surface area contributed by atoms with Crippen LogP contribution in [0.15, 0.2) is 27.7 Å². The molecule has 0 aliphatic carbocycles. The molecule has 0 aromatic carbocycles. The summed E-state index contributed by atoms with van der Waals surface area (Å²) in [6.07, 6.45) is 2.18. The van der Waals surface area contributed by atoms with E-state index in [1.165, 1.54) is 6.20 Å². The third-order valence-corrected chi connectivity index (χ3v) is 19.6. The average molecular weight is 696 g/mol. The molecule has 0 bridgehead atoms. The molecule has 9 nitrogen and oxygen atoms in total. The van der Waals surface area contributed by atoms with E-state index in [2.05, 4.69) is 25.8 Å². The molecule has 48 heavy (non-hydrogen) atoms. The van der Waals surface area contributed by atoms with Gasteiger partial charge in [0.25, 0.3) is 0 Å². The number of hydrogen-bond donors (Lipinski definition) is 0. The third kappa shape index (κ3) is 6.64. The number of carbonyl (C=O) groups is 2. The van der Waals surface area contributed by atoms with Gasteiger partial charge in [0.05, 0.1) is 46.2 Å². The Bertz CT molecular complexity index is 1810. The van der Waals surface area contributed by atoms with Gasteiger partial charge < -0.3 is 4.74 Å². The van der Waals surface area contributed by atoms with Crippen molar-refractivity contribution >= 4 is 40.5 Å². The van der Waals surface area contributed by atoms with Crippen molar-refractivity contribution in [1.29, 1.82) is 5.26 Å². The summed E-state index contributed by atoms with van der Waals surface area (Å²) in [5, 5.41) is 9.20. The van der Waals surface area contributed by atoms with E-state index in [-0.39, 0.29) is 30.0 Å². The molecule has 3 atom stereocenters. The Labute approximate surface area is 286 Å². The lowest BCUT2D eigenvalue weighted by Crippen LogP contribution is -2.59. The molecule has 0 radical (unpaired) electrons. The number of carbonyl (C=O) groups excluding carboxylic acids is 2. The highest BCUT2D eigenvalue weighted by Crippen LogP contribution is 2.48. The van der Waals surface area contributed by atoms with Crippen molar-refractivity contribution in [3.63, 3.8) is 0 Å². The number of ketones is 1. The van der Waals surface area contributed by atoms with Crippen LogP contribution in [-0.4, -0.2) is 61.9 Å². The van der Waals surface area contributed by atoms with Crippen molar-refractivity contribution in [3.8, 4) is 6.07 Å². The molecule has 2 aliphatic heterocycles. The average Bonchev–Trinajstić information content (AvgIpc) is 3.01. The first-order valence-corrected chi connectivity index (χ1v) is 21.1. The summed E-state index contributed by atoms with van der Waals surface area (Å²) in [4.78, 5) is 41.2. The molecule has 0 spiro atoms.